The van der Waals surface area contributed by atoms with Gasteiger partial charge in [-0.3, -0.25) is 0 Å². The fraction of sp³-hybridized carbons (Fsp3) is 0.350. The first kappa shape index (κ1) is 18.0. The molecule has 2 N–H and O–H groups in total. The fourth-order valence-electron chi connectivity index (χ4n) is 3.72. The molecule has 7 heteroatoms. The van der Waals surface area contributed by atoms with Crippen molar-refractivity contribution in [3.8, 4) is 5.69 Å². The molecule has 1 saturated heterocycles. The Labute approximate surface area is 164 Å². The lowest BCUT2D eigenvalue weighted by molar-refractivity contribution is -1.03. The average molecular weight is 383 g/mol. The van der Waals surface area contributed by atoms with Gasteiger partial charge in [0.15, 0.2) is 6.67 Å². The smallest absolute Gasteiger partial charge is 0.225 e. The van der Waals surface area contributed by atoms with Gasteiger partial charge in [0.25, 0.3) is 0 Å². The predicted molar refractivity (Wildman–Crippen MR) is 106 cm³/mol. The van der Waals surface area contributed by atoms with E-state index in [-0.39, 0.29) is 0 Å². The second-order valence-electron chi connectivity index (χ2n) is 7.33. The van der Waals surface area contributed by atoms with Crippen LogP contribution in [-0.4, -0.2) is 46.0 Å². The molecule has 0 spiro atoms. The quantitative estimate of drug-likeness (QED) is 0.613. The van der Waals surface area contributed by atoms with Crippen molar-refractivity contribution in [1.29, 1.82) is 0 Å². The van der Waals surface area contributed by atoms with Crippen LogP contribution in [0, 0.1) is 11.7 Å². The van der Waals surface area contributed by atoms with E-state index in [1.807, 2.05) is 35.0 Å². The highest BCUT2D eigenvalue weighted by Gasteiger charge is 2.24. The van der Waals surface area contributed by atoms with E-state index in [1.54, 1.807) is 9.58 Å². The molecule has 0 radical (unpaired) electrons. The molecule has 0 saturated carbocycles. The summed E-state index contributed by atoms with van der Waals surface area (Å²) in [6.07, 6.45) is 0. The summed E-state index contributed by atoms with van der Waals surface area (Å²) in [5.41, 5.74) is 3.73. The second kappa shape index (κ2) is 8.12. The highest BCUT2D eigenvalue weighted by Crippen LogP contribution is 2.05. The molecule has 1 aromatic heterocycles. The van der Waals surface area contributed by atoms with Gasteiger partial charge in [0, 0.05) is 5.56 Å². The highest BCUT2D eigenvalue weighted by molar-refractivity contribution is 7.71. The van der Waals surface area contributed by atoms with Crippen molar-refractivity contribution in [2.24, 2.45) is 0 Å². The van der Waals surface area contributed by atoms with E-state index in [4.69, 9.17) is 12.2 Å². The Bertz CT molecular complexity index is 940. The molecular weight excluding hydrogens is 356 g/mol. The number of nitrogens with zero attached hydrogens (tertiary/aromatic N) is 4. The van der Waals surface area contributed by atoms with E-state index >= 15 is 0 Å². The number of aryl methyl sites for hydroxylation is 1. The monoisotopic (exact) mass is 382 g/mol. The van der Waals surface area contributed by atoms with Crippen molar-refractivity contribution in [1.82, 2.24) is 19.8 Å². The minimum Gasteiger partial charge on any atom is -0.322 e. The summed E-state index contributed by atoms with van der Waals surface area (Å²) in [6.45, 7) is 8.64. The number of rotatable bonds is 5. The Balaban J connectivity index is 1.35. The summed E-state index contributed by atoms with van der Waals surface area (Å²) in [5.74, 6) is 0. The van der Waals surface area contributed by atoms with Gasteiger partial charge in [-0.15, -0.1) is 0 Å². The molecule has 0 bridgehead atoms. The van der Waals surface area contributed by atoms with Crippen LogP contribution >= 0.6 is 12.2 Å². The summed E-state index contributed by atoms with van der Waals surface area (Å²) in [7, 11) is 0. The lowest BCUT2D eigenvalue weighted by Gasteiger charge is -2.29. The Morgan fingerprint density at radius 1 is 0.926 bits per heavy atom. The van der Waals surface area contributed by atoms with E-state index in [1.165, 1.54) is 29.1 Å². The number of tetrazole rings is 1. The van der Waals surface area contributed by atoms with Crippen LogP contribution < -0.4 is 9.80 Å². The number of quaternary nitrogens is 2. The van der Waals surface area contributed by atoms with Gasteiger partial charge >= 0.3 is 0 Å². The molecule has 27 heavy (non-hydrogen) atoms. The zero-order chi connectivity index (χ0) is 18.6. The van der Waals surface area contributed by atoms with Gasteiger partial charge in [0.1, 0.15) is 32.7 Å². The number of hydrogen-bond acceptors (Lipinski definition) is 3. The van der Waals surface area contributed by atoms with Gasteiger partial charge in [-0.05, 0) is 41.7 Å². The van der Waals surface area contributed by atoms with Crippen molar-refractivity contribution in [2.75, 3.05) is 26.2 Å². The minimum absolute atomic E-state index is 0.656. The van der Waals surface area contributed by atoms with E-state index in [0.717, 1.165) is 32.0 Å². The van der Waals surface area contributed by atoms with Crippen molar-refractivity contribution in [2.45, 2.75) is 20.1 Å². The van der Waals surface area contributed by atoms with Gasteiger partial charge in [0.2, 0.25) is 4.77 Å². The Hall–Kier alpha value is -2.35. The summed E-state index contributed by atoms with van der Waals surface area (Å²) >= 11 is 5.58. The Kier molecular flexibility index (Phi) is 5.42. The number of nitrogens with one attached hydrogen (secondary N) is 2. The highest BCUT2D eigenvalue weighted by atomic mass is 32.1. The van der Waals surface area contributed by atoms with E-state index in [9.17, 15) is 0 Å². The van der Waals surface area contributed by atoms with Gasteiger partial charge < -0.3 is 9.80 Å². The summed E-state index contributed by atoms with van der Waals surface area (Å²) in [6, 6.07) is 18.8. The Morgan fingerprint density at radius 3 is 2.41 bits per heavy atom. The molecule has 2 heterocycles. The van der Waals surface area contributed by atoms with E-state index in [0.29, 0.717) is 4.77 Å². The van der Waals surface area contributed by atoms with Gasteiger partial charge in [-0.1, -0.05) is 48.0 Å². The van der Waals surface area contributed by atoms with Crippen molar-refractivity contribution < 1.29 is 9.80 Å². The van der Waals surface area contributed by atoms with E-state index in [2.05, 4.69) is 41.6 Å². The number of aromatic nitrogens is 4. The van der Waals surface area contributed by atoms with Gasteiger partial charge in [-0.25, -0.2) is 0 Å². The zero-order valence-electron chi connectivity index (χ0n) is 15.6. The number of hydrogen-bond donors (Lipinski definition) is 2. The third-order valence-corrected chi connectivity index (χ3v) is 5.60. The van der Waals surface area contributed by atoms with Crippen LogP contribution in [0.4, 0.5) is 0 Å². The first-order valence-corrected chi connectivity index (χ1v) is 9.91. The minimum atomic E-state index is 0.656. The maximum Gasteiger partial charge on any atom is 0.225 e. The predicted octanol–water partition coefficient (Wildman–Crippen LogP) is 0.0478. The maximum atomic E-state index is 5.58. The SMILES string of the molecule is Cc1cccc(C[NH+]2CC[NH+](Cn3nnn(-c4ccccc4)c3=S)CC2)c1. The Morgan fingerprint density at radius 2 is 1.67 bits per heavy atom. The van der Waals surface area contributed by atoms with Crippen molar-refractivity contribution in [3.63, 3.8) is 0 Å². The van der Waals surface area contributed by atoms with Crippen LogP contribution in [0.1, 0.15) is 11.1 Å². The zero-order valence-corrected chi connectivity index (χ0v) is 16.5. The van der Waals surface area contributed by atoms with Crippen LogP contribution in [0.15, 0.2) is 54.6 Å². The van der Waals surface area contributed by atoms with Crippen LogP contribution in [0.2, 0.25) is 0 Å². The first-order valence-electron chi connectivity index (χ1n) is 9.50. The molecule has 140 valence electrons. The normalized spacial score (nSPS) is 19.9. The third-order valence-electron chi connectivity index (χ3n) is 5.21. The number of para-hydroxylation sites is 1. The van der Waals surface area contributed by atoms with Crippen molar-refractivity contribution >= 4 is 12.2 Å². The maximum absolute atomic E-state index is 5.58. The molecule has 2 aromatic carbocycles. The third kappa shape index (κ3) is 4.32. The summed E-state index contributed by atoms with van der Waals surface area (Å²) < 4.78 is 4.24. The molecule has 0 unspecified atom stereocenters. The molecule has 3 aromatic rings. The average Bonchev–Trinajstić information content (AvgIpc) is 3.04. The van der Waals surface area contributed by atoms with Crippen LogP contribution in [0.5, 0.6) is 0 Å². The van der Waals surface area contributed by atoms with Crippen LogP contribution in [-0.2, 0) is 13.2 Å². The number of benzene rings is 2. The summed E-state index contributed by atoms with van der Waals surface area (Å²) in [4.78, 5) is 3.17. The second-order valence-corrected chi connectivity index (χ2v) is 7.70. The standard InChI is InChI=1S/C20H24N6S/c1-17-6-5-7-18(14-17)15-23-10-12-24(13-11-23)16-25-20(27)26(22-21-25)19-8-3-2-4-9-19/h2-9,14H,10-13,15-16H2,1H3/p+2. The summed E-state index contributed by atoms with van der Waals surface area (Å²) in [5, 5.41) is 8.52. The molecular formula is C20H26N6S+2. The number of piperazine rings is 1. The van der Waals surface area contributed by atoms with Gasteiger partial charge in [0.05, 0.1) is 5.69 Å². The first-order chi connectivity index (χ1) is 13.2. The molecule has 1 aliphatic heterocycles. The molecule has 1 fully saturated rings. The largest absolute Gasteiger partial charge is 0.322 e. The van der Waals surface area contributed by atoms with Crippen LogP contribution in [0.3, 0.4) is 0 Å². The lowest BCUT2D eigenvalue weighted by Crippen LogP contribution is -3.27. The van der Waals surface area contributed by atoms with Gasteiger partial charge in [-0.2, -0.15) is 9.36 Å². The molecule has 4 rings (SSSR count). The molecule has 0 amide bonds. The topological polar surface area (TPSA) is 44.5 Å². The molecule has 1 aliphatic rings. The molecule has 0 atom stereocenters. The molecule has 6 nitrogen and oxygen atoms in total. The van der Waals surface area contributed by atoms with Crippen molar-refractivity contribution in [3.05, 3.63) is 70.5 Å². The van der Waals surface area contributed by atoms with Crippen LogP contribution in [0.25, 0.3) is 5.69 Å². The van der Waals surface area contributed by atoms with E-state index < -0.39 is 0 Å². The molecule has 0 aliphatic carbocycles. The fourth-order valence-corrected chi connectivity index (χ4v) is 3.96. The lowest BCUT2D eigenvalue weighted by atomic mass is 10.1.